The van der Waals surface area contributed by atoms with Gasteiger partial charge in [0.25, 0.3) is 5.92 Å². The minimum absolute atomic E-state index is 0.107. The molecule has 5 heteroatoms. The van der Waals surface area contributed by atoms with Crippen molar-refractivity contribution in [3.63, 3.8) is 0 Å². The van der Waals surface area contributed by atoms with Gasteiger partial charge in [-0.3, -0.25) is 0 Å². The molecule has 0 amide bonds. The first-order valence-electron chi connectivity index (χ1n) is 4.03. The molecule has 3 nitrogen and oxygen atoms in total. The molecule has 1 rings (SSSR count). The Morgan fingerprint density at radius 2 is 2.23 bits per heavy atom. The molecule has 74 valence electrons. The lowest BCUT2D eigenvalue weighted by Crippen LogP contribution is -2.39. The van der Waals surface area contributed by atoms with Crippen molar-refractivity contribution in [3.8, 4) is 0 Å². The van der Waals surface area contributed by atoms with Crippen LogP contribution in [0.4, 0.5) is 8.78 Å². The Bertz CT molecular complexity index is 228. The fourth-order valence-electron chi connectivity index (χ4n) is 1.29. The summed E-state index contributed by atoms with van der Waals surface area (Å²) in [7, 11) is 0. The van der Waals surface area contributed by atoms with E-state index in [1.807, 2.05) is 0 Å². The quantitative estimate of drug-likeness (QED) is 0.669. The third-order valence-corrected chi connectivity index (χ3v) is 1.85. The average molecular weight is 191 g/mol. The molecule has 0 atom stereocenters. The average Bonchev–Trinajstić information content (AvgIpc) is 1.99. The molecule has 0 radical (unpaired) electrons. The van der Waals surface area contributed by atoms with E-state index in [4.69, 9.17) is 5.11 Å². The van der Waals surface area contributed by atoms with Crippen molar-refractivity contribution in [1.82, 2.24) is 4.90 Å². The molecule has 0 aromatic carbocycles. The largest absolute Gasteiger partial charge is 0.478 e. The van der Waals surface area contributed by atoms with Gasteiger partial charge in [0.1, 0.15) is 0 Å². The first-order chi connectivity index (χ1) is 5.99. The highest BCUT2D eigenvalue weighted by atomic mass is 19.3. The fourth-order valence-corrected chi connectivity index (χ4v) is 1.29. The minimum Gasteiger partial charge on any atom is -0.478 e. The number of hydrogen-bond donors (Lipinski definition) is 1. The van der Waals surface area contributed by atoms with Crippen LogP contribution in [0.2, 0.25) is 0 Å². The van der Waals surface area contributed by atoms with Crippen molar-refractivity contribution in [2.75, 3.05) is 13.1 Å². The van der Waals surface area contributed by atoms with Gasteiger partial charge in [-0.2, -0.15) is 0 Å². The van der Waals surface area contributed by atoms with E-state index in [1.165, 1.54) is 11.1 Å². The Morgan fingerprint density at radius 1 is 1.54 bits per heavy atom. The van der Waals surface area contributed by atoms with Gasteiger partial charge in [-0.05, 0) is 6.42 Å². The van der Waals surface area contributed by atoms with Crippen molar-refractivity contribution in [1.29, 1.82) is 0 Å². The van der Waals surface area contributed by atoms with Crippen LogP contribution in [0, 0.1) is 0 Å². The highest BCUT2D eigenvalue weighted by Crippen LogP contribution is 2.26. The molecule has 1 fully saturated rings. The van der Waals surface area contributed by atoms with E-state index in [1.54, 1.807) is 0 Å². The molecule has 0 aromatic heterocycles. The Morgan fingerprint density at radius 3 is 2.77 bits per heavy atom. The summed E-state index contributed by atoms with van der Waals surface area (Å²) >= 11 is 0. The third-order valence-electron chi connectivity index (χ3n) is 1.85. The van der Waals surface area contributed by atoms with E-state index in [0.29, 0.717) is 13.0 Å². The molecule has 0 aromatic rings. The molecule has 0 aliphatic carbocycles. The summed E-state index contributed by atoms with van der Waals surface area (Å²) in [6.07, 6.45) is 2.37. The standard InChI is InChI=1S/C8H11F2NO2/c9-8(10)3-1-4-11(6-8)5-2-7(12)13/h2,5H,1,3-4,6H2,(H,12,13)/b5-2+. The van der Waals surface area contributed by atoms with Gasteiger partial charge in [0.05, 0.1) is 6.54 Å². The Kier molecular flexibility index (Phi) is 2.85. The monoisotopic (exact) mass is 191 g/mol. The number of hydrogen-bond acceptors (Lipinski definition) is 2. The first-order valence-corrected chi connectivity index (χ1v) is 4.03. The van der Waals surface area contributed by atoms with Crippen molar-refractivity contribution >= 4 is 5.97 Å². The third kappa shape index (κ3) is 3.40. The maximum atomic E-state index is 12.8. The topological polar surface area (TPSA) is 40.5 Å². The van der Waals surface area contributed by atoms with Crippen LogP contribution in [0.25, 0.3) is 0 Å². The molecule has 1 aliphatic rings. The summed E-state index contributed by atoms with van der Waals surface area (Å²) in [5.41, 5.74) is 0. The van der Waals surface area contributed by atoms with Crippen LogP contribution in [-0.2, 0) is 4.79 Å². The number of likely N-dealkylation sites (tertiary alicyclic amines) is 1. The smallest absolute Gasteiger partial charge is 0.329 e. The number of halogens is 2. The number of carboxylic acids is 1. The van der Waals surface area contributed by atoms with Gasteiger partial charge >= 0.3 is 5.97 Å². The molecule has 1 aliphatic heterocycles. The summed E-state index contributed by atoms with van der Waals surface area (Å²) in [6.45, 7) is 0.121. The number of aliphatic carboxylic acids is 1. The molecule has 0 saturated carbocycles. The van der Waals surface area contributed by atoms with E-state index < -0.39 is 11.9 Å². The van der Waals surface area contributed by atoms with Crippen molar-refractivity contribution in [3.05, 3.63) is 12.3 Å². The summed E-state index contributed by atoms with van der Waals surface area (Å²) < 4.78 is 25.5. The maximum absolute atomic E-state index is 12.8. The van der Waals surface area contributed by atoms with Crippen molar-refractivity contribution < 1.29 is 18.7 Å². The maximum Gasteiger partial charge on any atom is 0.329 e. The molecule has 0 bridgehead atoms. The molecule has 1 N–H and O–H groups in total. The zero-order chi connectivity index (χ0) is 9.90. The molecule has 0 spiro atoms. The van der Waals surface area contributed by atoms with Gasteiger partial charge in [0.2, 0.25) is 0 Å². The van der Waals surface area contributed by atoms with Crippen LogP contribution >= 0.6 is 0 Å². The van der Waals surface area contributed by atoms with E-state index in [2.05, 4.69) is 0 Å². The van der Waals surface area contributed by atoms with Gasteiger partial charge in [-0.15, -0.1) is 0 Å². The Labute approximate surface area is 74.6 Å². The predicted octanol–water partition coefficient (Wildman–Crippen LogP) is 1.32. The van der Waals surface area contributed by atoms with Gasteiger partial charge in [-0.1, -0.05) is 0 Å². The van der Waals surface area contributed by atoms with E-state index in [9.17, 15) is 13.6 Å². The molecule has 1 saturated heterocycles. The zero-order valence-electron chi connectivity index (χ0n) is 7.04. The fraction of sp³-hybridized carbons (Fsp3) is 0.625. The van der Waals surface area contributed by atoms with Crippen molar-refractivity contribution in [2.24, 2.45) is 0 Å². The molecule has 1 heterocycles. The highest BCUT2D eigenvalue weighted by Gasteiger charge is 2.33. The predicted molar refractivity (Wildman–Crippen MR) is 42.5 cm³/mol. The summed E-state index contributed by atoms with van der Waals surface area (Å²) in [5, 5.41) is 8.27. The second-order valence-corrected chi connectivity index (χ2v) is 3.08. The summed E-state index contributed by atoms with van der Waals surface area (Å²) in [4.78, 5) is 11.4. The lowest BCUT2D eigenvalue weighted by atomic mass is 10.1. The Balaban J connectivity index is 2.48. The van der Waals surface area contributed by atoms with Crippen LogP contribution in [0.5, 0.6) is 0 Å². The van der Waals surface area contributed by atoms with Crippen molar-refractivity contribution in [2.45, 2.75) is 18.8 Å². The van der Waals surface area contributed by atoms with E-state index in [0.717, 1.165) is 6.08 Å². The van der Waals surface area contributed by atoms with Crippen LogP contribution in [0.1, 0.15) is 12.8 Å². The Hall–Kier alpha value is -1.13. The SMILES string of the molecule is O=C(O)/C=C/N1CCCC(F)(F)C1. The molecular weight excluding hydrogens is 180 g/mol. The number of piperidine rings is 1. The number of nitrogens with zero attached hydrogens (tertiary/aromatic N) is 1. The van der Waals surface area contributed by atoms with E-state index >= 15 is 0 Å². The lowest BCUT2D eigenvalue weighted by molar-refractivity contribution is -0.131. The highest BCUT2D eigenvalue weighted by molar-refractivity contribution is 5.79. The van der Waals surface area contributed by atoms with Gasteiger partial charge < -0.3 is 10.0 Å². The zero-order valence-corrected chi connectivity index (χ0v) is 7.04. The summed E-state index contributed by atoms with van der Waals surface area (Å²) in [5.74, 6) is -3.80. The van der Waals surface area contributed by atoms with Crippen LogP contribution < -0.4 is 0 Å². The molecular formula is C8H11F2NO2. The van der Waals surface area contributed by atoms with E-state index in [-0.39, 0.29) is 13.0 Å². The van der Waals surface area contributed by atoms with Gasteiger partial charge in [-0.25, -0.2) is 13.6 Å². The van der Waals surface area contributed by atoms with Crippen LogP contribution in [-0.4, -0.2) is 35.0 Å². The number of carboxylic acid groups (broad SMARTS) is 1. The van der Waals surface area contributed by atoms with Gasteiger partial charge in [0.15, 0.2) is 0 Å². The van der Waals surface area contributed by atoms with Crippen LogP contribution in [0.3, 0.4) is 0 Å². The lowest BCUT2D eigenvalue weighted by Gasteiger charge is -2.31. The molecule has 13 heavy (non-hydrogen) atoms. The normalized spacial score (nSPS) is 22.2. The molecule has 0 unspecified atom stereocenters. The number of rotatable bonds is 2. The first kappa shape index (κ1) is 9.95. The van der Waals surface area contributed by atoms with Crippen LogP contribution in [0.15, 0.2) is 12.3 Å². The second kappa shape index (κ2) is 3.72. The minimum atomic E-state index is -2.68. The second-order valence-electron chi connectivity index (χ2n) is 3.08. The number of alkyl halides is 2. The number of carbonyl (C=O) groups is 1. The van der Waals surface area contributed by atoms with Gasteiger partial charge in [0, 0.05) is 25.2 Å². The summed E-state index contributed by atoms with van der Waals surface area (Å²) in [6, 6.07) is 0.